The SMILES string of the molecule is CC(NS(=O)(=O)c1cccc(Cl)c1F)C1CCCO1. The van der Waals surface area contributed by atoms with E-state index >= 15 is 0 Å². The Hall–Kier alpha value is -0.690. The molecule has 1 N–H and O–H groups in total. The summed E-state index contributed by atoms with van der Waals surface area (Å²) in [5, 5.41) is -0.215. The number of rotatable bonds is 4. The van der Waals surface area contributed by atoms with Crippen molar-refractivity contribution in [3.8, 4) is 0 Å². The van der Waals surface area contributed by atoms with Gasteiger partial charge in [0, 0.05) is 12.6 Å². The van der Waals surface area contributed by atoms with Crippen LogP contribution < -0.4 is 4.72 Å². The molecule has 0 saturated carbocycles. The lowest BCUT2D eigenvalue weighted by Crippen LogP contribution is -2.41. The highest BCUT2D eigenvalue weighted by molar-refractivity contribution is 7.89. The molecule has 1 aliphatic rings. The number of sulfonamides is 1. The van der Waals surface area contributed by atoms with Crippen LogP contribution in [0.15, 0.2) is 23.1 Å². The maximum atomic E-state index is 13.7. The first kappa shape index (κ1) is 14.7. The number of ether oxygens (including phenoxy) is 1. The van der Waals surface area contributed by atoms with Gasteiger partial charge in [0.25, 0.3) is 0 Å². The minimum Gasteiger partial charge on any atom is -0.377 e. The van der Waals surface area contributed by atoms with Crippen LogP contribution in [0, 0.1) is 5.82 Å². The van der Waals surface area contributed by atoms with Gasteiger partial charge in [0.1, 0.15) is 4.90 Å². The molecule has 4 nitrogen and oxygen atoms in total. The molecule has 0 spiro atoms. The van der Waals surface area contributed by atoms with Gasteiger partial charge in [0.15, 0.2) is 5.82 Å². The molecule has 19 heavy (non-hydrogen) atoms. The molecule has 0 radical (unpaired) electrons. The molecule has 0 aromatic heterocycles. The molecule has 1 aromatic rings. The van der Waals surface area contributed by atoms with Gasteiger partial charge in [0.2, 0.25) is 10.0 Å². The Morgan fingerprint density at radius 3 is 2.89 bits per heavy atom. The van der Waals surface area contributed by atoms with Crippen LogP contribution in [0.1, 0.15) is 19.8 Å². The van der Waals surface area contributed by atoms with Crippen molar-refractivity contribution in [3.63, 3.8) is 0 Å². The summed E-state index contributed by atoms with van der Waals surface area (Å²) in [4.78, 5) is -0.440. The average Bonchev–Trinajstić information content (AvgIpc) is 2.85. The predicted molar refractivity (Wildman–Crippen MR) is 70.2 cm³/mol. The Morgan fingerprint density at radius 2 is 2.26 bits per heavy atom. The van der Waals surface area contributed by atoms with Crippen LogP contribution in [0.25, 0.3) is 0 Å². The molecule has 1 fully saturated rings. The normalized spacial score (nSPS) is 21.5. The van der Waals surface area contributed by atoms with Crippen molar-refractivity contribution in [1.82, 2.24) is 4.72 Å². The van der Waals surface area contributed by atoms with Crippen molar-refractivity contribution in [1.29, 1.82) is 0 Å². The first-order chi connectivity index (χ1) is 8.92. The van der Waals surface area contributed by atoms with Crippen molar-refractivity contribution in [2.45, 2.75) is 36.8 Å². The molecule has 1 saturated heterocycles. The number of nitrogens with one attached hydrogen (secondary N) is 1. The maximum absolute atomic E-state index is 13.7. The summed E-state index contributed by atoms with van der Waals surface area (Å²) >= 11 is 5.59. The molecule has 7 heteroatoms. The third-order valence-electron chi connectivity index (χ3n) is 3.07. The van der Waals surface area contributed by atoms with Gasteiger partial charge in [-0.1, -0.05) is 17.7 Å². The van der Waals surface area contributed by atoms with Crippen molar-refractivity contribution < 1.29 is 17.5 Å². The van der Waals surface area contributed by atoms with E-state index in [4.69, 9.17) is 16.3 Å². The van der Waals surface area contributed by atoms with Crippen LogP contribution in [0.3, 0.4) is 0 Å². The predicted octanol–water partition coefficient (Wildman–Crippen LogP) is 2.32. The zero-order valence-electron chi connectivity index (χ0n) is 10.4. The van der Waals surface area contributed by atoms with E-state index in [1.807, 2.05) is 0 Å². The lowest BCUT2D eigenvalue weighted by molar-refractivity contribution is 0.0902. The third kappa shape index (κ3) is 3.25. The van der Waals surface area contributed by atoms with Crippen LogP contribution in [-0.2, 0) is 14.8 Å². The topological polar surface area (TPSA) is 55.4 Å². The minimum atomic E-state index is -3.94. The Morgan fingerprint density at radius 1 is 1.53 bits per heavy atom. The minimum absolute atomic E-state index is 0.169. The molecule has 0 bridgehead atoms. The molecule has 0 amide bonds. The van der Waals surface area contributed by atoms with E-state index in [9.17, 15) is 12.8 Å². The smallest absolute Gasteiger partial charge is 0.243 e. The van der Waals surface area contributed by atoms with E-state index in [1.165, 1.54) is 18.2 Å². The molecule has 1 aliphatic heterocycles. The molecule has 2 unspecified atom stereocenters. The highest BCUT2D eigenvalue weighted by atomic mass is 35.5. The molecular weight excluding hydrogens is 293 g/mol. The van der Waals surface area contributed by atoms with Crippen molar-refractivity contribution in [2.24, 2.45) is 0 Å². The van der Waals surface area contributed by atoms with Crippen LogP contribution >= 0.6 is 11.6 Å². The lowest BCUT2D eigenvalue weighted by Gasteiger charge is -2.20. The fourth-order valence-electron chi connectivity index (χ4n) is 2.07. The zero-order valence-corrected chi connectivity index (χ0v) is 12.0. The maximum Gasteiger partial charge on any atom is 0.243 e. The van der Waals surface area contributed by atoms with Crippen molar-refractivity contribution in [3.05, 3.63) is 29.0 Å². The standard InChI is InChI=1S/C12H15ClFNO3S/c1-8(10-5-3-7-18-10)15-19(16,17)11-6-2-4-9(13)12(11)14/h2,4,6,8,10,15H,3,5,7H2,1H3. The summed E-state index contributed by atoms with van der Waals surface area (Å²) in [5.41, 5.74) is 0. The van der Waals surface area contributed by atoms with Crippen LogP contribution in [0.2, 0.25) is 5.02 Å². The first-order valence-corrected chi connectivity index (χ1v) is 7.86. The van der Waals surface area contributed by atoms with Gasteiger partial charge in [-0.25, -0.2) is 17.5 Å². The van der Waals surface area contributed by atoms with Crippen molar-refractivity contribution >= 4 is 21.6 Å². The second-order valence-corrected chi connectivity index (χ2v) is 6.60. The number of hydrogen-bond acceptors (Lipinski definition) is 3. The summed E-state index contributed by atoms with van der Waals surface area (Å²) in [6.07, 6.45) is 1.53. The van der Waals surface area contributed by atoms with E-state index in [-0.39, 0.29) is 11.1 Å². The quantitative estimate of drug-likeness (QED) is 0.929. The molecule has 2 atom stereocenters. The highest BCUT2D eigenvalue weighted by Crippen LogP contribution is 2.23. The monoisotopic (exact) mass is 307 g/mol. The van der Waals surface area contributed by atoms with Crippen LogP contribution in [-0.4, -0.2) is 27.2 Å². The third-order valence-corrected chi connectivity index (χ3v) is 4.94. The molecule has 1 heterocycles. The van der Waals surface area contributed by atoms with Gasteiger partial charge in [-0.2, -0.15) is 0 Å². The Bertz CT molecular complexity index is 558. The fraction of sp³-hybridized carbons (Fsp3) is 0.500. The number of halogens is 2. The number of benzene rings is 1. The second kappa shape index (κ2) is 5.75. The lowest BCUT2D eigenvalue weighted by atomic mass is 10.1. The van der Waals surface area contributed by atoms with E-state index < -0.39 is 26.8 Å². The molecule has 1 aromatic carbocycles. The van der Waals surface area contributed by atoms with Gasteiger partial charge in [0.05, 0.1) is 11.1 Å². The van der Waals surface area contributed by atoms with Gasteiger partial charge in [-0.3, -0.25) is 0 Å². The van der Waals surface area contributed by atoms with Gasteiger partial charge >= 0.3 is 0 Å². The summed E-state index contributed by atoms with van der Waals surface area (Å²) in [7, 11) is -3.94. The second-order valence-electron chi connectivity index (χ2n) is 4.51. The van der Waals surface area contributed by atoms with Gasteiger partial charge < -0.3 is 4.74 Å². The van der Waals surface area contributed by atoms with E-state index in [1.54, 1.807) is 6.92 Å². The largest absolute Gasteiger partial charge is 0.377 e. The summed E-state index contributed by atoms with van der Waals surface area (Å²) in [6.45, 7) is 2.33. The molecule has 0 aliphatic carbocycles. The van der Waals surface area contributed by atoms with E-state index in [0.29, 0.717) is 6.61 Å². The fourth-order valence-corrected chi connectivity index (χ4v) is 3.67. The van der Waals surface area contributed by atoms with E-state index in [0.717, 1.165) is 12.8 Å². The Balaban J connectivity index is 2.20. The van der Waals surface area contributed by atoms with Crippen molar-refractivity contribution in [2.75, 3.05) is 6.61 Å². The van der Waals surface area contributed by atoms with Crippen LogP contribution in [0.4, 0.5) is 4.39 Å². The highest BCUT2D eigenvalue weighted by Gasteiger charge is 2.28. The summed E-state index contributed by atoms with van der Waals surface area (Å²) < 4.78 is 45.8. The van der Waals surface area contributed by atoms with Gasteiger partial charge in [-0.05, 0) is 31.9 Å². The van der Waals surface area contributed by atoms with Crippen LogP contribution in [0.5, 0.6) is 0 Å². The van der Waals surface area contributed by atoms with E-state index in [2.05, 4.69) is 4.72 Å². The summed E-state index contributed by atoms with van der Waals surface area (Å²) in [5.74, 6) is -0.934. The molecule has 2 rings (SSSR count). The first-order valence-electron chi connectivity index (χ1n) is 6.00. The molecular formula is C12H15ClFNO3S. The Kier molecular flexibility index (Phi) is 4.45. The van der Waals surface area contributed by atoms with Gasteiger partial charge in [-0.15, -0.1) is 0 Å². The zero-order chi connectivity index (χ0) is 14.0. The average molecular weight is 308 g/mol. The summed E-state index contributed by atoms with van der Waals surface area (Å²) in [6, 6.07) is 3.48. The molecule has 106 valence electrons. The Labute approximate surface area is 117 Å². The number of hydrogen-bond donors (Lipinski definition) is 1.